The first-order valence-corrected chi connectivity index (χ1v) is 8.06. The number of fused-ring (bicyclic) bond motifs is 1. The number of hydrogen-bond acceptors (Lipinski definition) is 3. The predicted molar refractivity (Wildman–Crippen MR) is 89.9 cm³/mol. The highest BCUT2D eigenvalue weighted by atomic mass is 19.1. The van der Waals surface area contributed by atoms with Crippen LogP contribution >= 0.6 is 0 Å². The Morgan fingerprint density at radius 1 is 1.22 bits per heavy atom. The van der Waals surface area contributed by atoms with Gasteiger partial charge in [-0.1, -0.05) is 25.1 Å². The number of nitrogens with zero attached hydrogens (tertiary/aromatic N) is 3. The molecule has 1 aliphatic heterocycles. The van der Waals surface area contributed by atoms with Crippen LogP contribution in [-0.2, 0) is 0 Å². The number of piperidine rings is 1. The maximum Gasteiger partial charge on any atom is 0.143 e. The molecule has 1 fully saturated rings. The van der Waals surface area contributed by atoms with Gasteiger partial charge in [0.25, 0.3) is 0 Å². The minimum Gasteiger partial charge on any atom is -0.356 e. The molecule has 2 aromatic heterocycles. The summed E-state index contributed by atoms with van der Waals surface area (Å²) < 4.78 is 14.2. The van der Waals surface area contributed by atoms with E-state index in [-0.39, 0.29) is 5.82 Å². The zero-order valence-corrected chi connectivity index (χ0v) is 13.1. The van der Waals surface area contributed by atoms with E-state index >= 15 is 0 Å². The minimum absolute atomic E-state index is 0.227. The van der Waals surface area contributed by atoms with Crippen molar-refractivity contribution in [3.05, 3.63) is 42.6 Å². The van der Waals surface area contributed by atoms with E-state index in [0.29, 0.717) is 11.5 Å². The Bertz CT molecular complexity index is 842. The molecule has 0 amide bonds. The molecule has 1 saturated heterocycles. The molecule has 4 nitrogen and oxygen atoms in total. The number of aromatic amines is 1. The molecule has 3 heterocycles. The fraction of sp³-hybridized carbons (Fsp3) is 0.333. The molecule has 1 N–H and O–H groups in total. The van der Waals surface area contributed by atoms with Gasteiger partial charge in [0, 0.05) is 30.4 Å². The Balaban J connectivity index is 1.89. The van der Waals surface area contributed by atoms with E-state index in [1.807, 2.05) is 12.3 Å². The first kappa shape index (κ1) is 14.2. The van der Waals surface area contributed by atoms with Gasteiger partial charge >= 0.3 is 0 Å². The number of halogens is 1. The lowest BCUT2D eigenvalue weighted by atomic mass is 9.99. The molecule has 5 heteroatoms. The van der Waals surface area contributed by atoms with Crippen LogP contribution in [0.15, 0.2) is 36.8 Å². The van der Waals surface area contributed by atoms with Gasteiger partial charge in [-0.2, -0.15) is 0 Å². The number of aromatic nitrogens is 3. The van der Waals surface area contributed by atoms with Gasteiger partial charge in [-0.15, -0.1) is 0 Å². The molecule has 3 aromatic rings. The molecule has 0 spiro atoms. The minimum atomic E-state index is -0.227. The van der Waals surface area contributed by atoms with Gasteiger partial charge in [-0.25, -0.2) is 14.4 Å². The molecule has 118 valence electrons. The molecule has 0 aliphatic carbocycles. The normalized spacial score (nSPS) is 18.5. The summed E-state index contributed by atoms with van der Waals surface area (Å²) in [5, 5.41) is 0.909. The second-order valence-electron chi connectivity index (χ2n) is 6.30. The van der Waals surface area contributed by atoms with Gasteiger partial charge in [0.15, 0.2) is 0 Å². The Labute approximate surface area is 134 Å². The van der Waals surface area contributed by atoms with E-state index in [1.54, 1.807) is 18.5 Å². The van der Waals surface area contributed by atoms with E-state index < -0.39 is 0 Å². The third kappa shape index (κ3) is 2.46. The van der Waals surface area contributed by atoms with Crippen molar-refractivity contribution in [3.63, 3.8) is 0 Å². The summed E-state index contributed by atoms with van der Waals surface area (Å²) in [6, 6.07) is 6.84. The molecule has 23 heavy (non-hydrogen) atoms. The van der Waals surface area contributed by atoms with Crippen LogP contribution in [0, 0.1) is 11.7 Å². The molecule has 1 unspecified atom stereocenters. The topological polar surface area (TPSA) is 44.8 Å². The van der Waals surface area contributed by atoms with Crippen molar-refractivity contribution in [2.24, 2.45) is 5.92 Å². The van der Waals surface area contributed by atoms with Crippen LogP contribution in [0.1, 0.15) is 19.8 Å². The Hall–Kier alpha value is -2.43. The molecule has 1 atom stereocenters. The molecule has 1 aliphatic rings. The van der Waals surface area contributed by atoms with E-state index in [9.17, 15) is 4.39 Å². The van der Waals surface area contributed by atoms with Crippen molar-refractivity contribution in [3.8, 4) is 11.1 Å². The number of rotatable bonds is 2. The monoisotopic (exact) mass is 310 g/mol. The van der Waals surface area contributed by atoms with Crippen molar-refractivity contribution in [1.82, 2.24) is 15.0 Å². The summed E-state index contributed by atoms with van der Waals surface area (Å²) >= 11 is 0. The van der Waals surface area contributed by atoms with Gasteiger partial charge in [0.2, 0.25) is 0 Å². The summed E-state index contributed by atoms with van der Waals surface area (Å²) in [6.07, 6.45) is 5.82. The smallest absolute Gasteiger partial charge is 0.143 e. The molecule has 0 bridgehead atoms. The molecule has 1 aromatic carbocycles. The lowest BCUT2D eigenvalue weighted by Gasteiger charge is -2.32. The van der Waals surface area contributed by atoms with Gasteiger partial charge in [0.05, 0.1) is 5.39 Å². The van der Waals surface area contributed by atoms with Crippen LogP contribution in [0.25, 0.3) is 22.2 Å². The third-order valence-electron chi connectivity index (χ3n) is 4.57. The highest BCUT2D eigenvalue weighted by Crippen LogP contribution is 2.36. The van der Waals surface area contributed by atoms with E-state index in [2.05, 4.69) is 26.8 Å². The van der Waals surface area contributed by atoms with E-state index in [1.165, 1.54) is 12.5 Å². The van der Waals surface area contributed by atoms with Gasteiger partial charge in [-0.3, -0.25) is 0 Å². The number of anilines is 1. The maximum absolute atomic E-state index is 14.2. The summed E-state index contributed by atoms with van der Waals surface area (Å²) in [4.78, 5) is 14.3. The molecular formula is C18H19FN4. The fourth-order valence-corrected chi connectivity index (χ4v) is 3.46. The standard InChI is InChI=1S/C18H19FN4/c1-12-5-4-8-23(10-12)18-16-14(9-20-17(16)21-11-22-18)13-6-2-3-7-15(13)19/h2-3,6-7,9,11-12H,4-5,8,10H2,1H3,(H,20,21,22). The molecule has 0 radical (unpaired) electrons. The zero-order valence-electron chi connectivity index (χ0n) is 13.1. The zero-order chi connectivity index (χ0) is 15.8. The number of nitrogens with one attached hydrogen (secondary N) is 1. The van der Waals surface area contributed by atoms with Gasteiger partial charge < -0.3 is 9.88 Å². The lowest BCUT2D eigenvalue weighted by Crippen LogP contribution is -2.35. The van der Waals surface area contributed by atoms with Crippen molar-refractivity contribution in [2.75, 3.05) is 18.0 Å². The molecule has 0 saturated carbocycles. The van der Waals surface area contributed by atoms with Gasteiger partial charge in [-0.05, 0) is 24.8 Å². The molecular weight excluding hydrogens is 291 g/mol. The molecule has 4 rings (SSSR count). The van der Waals surface area contributed by atoms with Crippen LogP contribution in [0.4, 0.5) is 10.2 Å². The van der Waals surface area contributed by atoms with Crippen LogP contribution in [-0.4, -0.2) is 28.0 Å². The van der Waals surface area contributed by atoms with Crippen LogP contribution in [0.2, 0.25) is 0 Å². The van der Waals surface area contributed by atoms with E-state index in [0.717, 1.165) is 41.9 Å². The summed E-state index contributed by atoms with van der Waals surface area (Å²) in [5.74, 6) is 1.32. The van der Waals surface area contributed by atoms with Crippen molar-refractivity contribution in [1.29, 1.82) is 0 Å². The summed E-state index contributed by atoms with van der Waals surface area (Å²) in [5.41, 5.74) is 2.17. The number of hydrogen-bond donors (Lipinski definition) is 1. The Morgan fingerprint density at radius 3 is 2.91 bits per heavy atom. The first-order chi connectivity index (χ1) is 11.2. The lowest BCUT2D eigenvalue weighted by molar-refractivity contribution is 0.445. The largest absolute Gasteiger partial charge is 0.356 e. The summed E-state index contributed by atoms with van der Waals surface area (Å²) in [6.45, 7) is 4.23. The maximum atomic E-state index is 14.2. The highest BCUT2D eigenvalue weighted by molar-refractivity contribution is 6.01. The van der Waals surface area contributed by atoms with Crippen LogP contribution in [0.5, 0.6) is 0 Å². The van der Waals surface area contributed by atoms with Crippen molar-refractivity contribution >= 4 is 16.9 Å². The first-order valence-electron chi connectivity index (χ1n) is 8.06. The van der Waals surface area contributed by atoms with Gasteiger partial charge in [0.1, 0.15) is 23.6 Å². The average molecular weight is 310 g/mol. The fourth-order valence-electron chi connectivity index (χ4n) is 3.46. The number of H-pyrrole nitrogens is 1. The predicted octanol–water partition coefficient (Wildman–Crippen LogP) is 4.00. The van der Waals surface area contributed by atoms with Crippen LogP contribution in [0.3, 0.4) is 0 Å². The summed E-state index contributed by atoms with van der Waals surface area (Å²) in [7, 11) is 0. The second-order valence-corrected chi connectivity index (χ2v) is 6.30. The SMILES string of the molecule is CC1CCCN(c2ncnc3[nH]cc(-c4ccccc4F)c23)C1. The second kappa shape index (κ2) is 5.65. The van der Waals surface area contributed by atoms with Crippen LogP contribution < -0.4 is 4.90 Å². The van der Waals surface area contributed by atoms with Crippen molar-refractivity contribution < 1.29 is 4.39 Å². The quantitative estimate of drug-likeness (QED) is 0.778. The average Bonchev–Trinajstić information content (AvgIpc) is 2.99. The highest BCUT2D eigenvalue weighted by Gasteiger charge is 2.22. The Kier molecular flexibility index (Phi) is 3.48. The Morgan fingerprint density at radius 2 is 2.09 bits per heavy atom. The van der Waals surface area contributed by atoms with E-state index in [4.69, 9.17) is 0 Å². The number of benzene rings is 1. The van der Waals surface area contributed by atoms with Crippen molar-refractivity contribution in [2.45, 2.75) is 19.8 Å². The third-order valence-corrected chi connectivity index (χ3v) is 4.57.